The van der Waals surface area contributed by atoms with E-state index >= 15 is 0 Å². The Kier molecular flexibility index (Phi) is 4.39. The third-order valence-corrected chi connectivity index (χ3v) is 3.28. The smallest absolute Gasteiger partial charge is 0.275 e. The van der Waals surface area contributed by atoms with E-state index in [9.17, 15) is 10.1 Å². The maximum Gasteiger partial charge on any atom is 0.275 e. The summed E-state index contributed by atoms with van der Waals surface area (Å²) in [5.41, 5.74) is 1.53. The fraction of sp³-hybridized carbons (Fsp3) is 0.0769. The van der Waals surface area contributed by atoms with Gasteiger partial charge in [-0.2, -0.15) is 0 Å². The van der Waals surface area contributed by atoms with Crippen LogP contribution in [0.25, 0.3) is 0 Å². The molecule has 0 aliphatic carbocycles. The summed E-state index contributed by atoms with van der Waals surface area (Å²) in [7, 11) is 0. The van der Waals surface area contributed by atoms with Gasteiger partial charge in [0.05, 0.1) is 4.92 Å². The van der Waals surface area contributed by atoms with E-state index < -0.39 is 0 Å². The van der Waals surface area contributed by atoms with Crippen LogP contribution in [0.1, 0.15) is 5.56 Å². The zero-order chi connectivity index (χ0) is 13.8. The molecule has 1 N–H and O–H groups in total. The van der Waals surface area contributed by atoms with Crippen molar-refractivity contribution in [2.24, 2.45) is 0 Å². The second-order valence-corrected chi connectivity index (χ2v) is 5.25. The summed E-state index contributed by atoms with van der Waals surface area (Å²) in [6.45, 7) is 0.365. The van der Waals surface area contributed by atoms with Crippen LogP contribution in [0.2, 0.25) is 5.02 Å². The van der Waals surface area contributed by atoms with Gasteiger partial charge in [-0.05, 0) is 30.3 Å². The summed E-state index contributed by atoms with van der Waals surface area (Å²) in [5.74, 6) is 0. The quantitative estimate of drug-likeness (QED) is 0.652. The minimum absolute atomic E-state index is 0.0869. The molecule has 4 nitrogen and oxygen atoms in total. The minimum atomic E-state index is -0.389. The molecule has 0 saturated heterocycles. The lowest BCUT2D eigenvalue weighted by molar-refractivity contribution is -0.385. The molecule has 2 aromatic carbocycles. The van der Waals surface area contributed by atoms with Crippen molar-refractivity contribution >= 4 is 38.9 Å². The SMILES string of the molecule is O=[N+]([O-])c1cc(Br)ccc1CNc1cccc(Cl)c1. The van der Waals surface area contributed by atoms with Crippen molar-refractivity contribution < 1.29 is 4.92 Å². The van der Waals surface area contributed by atoms with Gasteiger partial charge in [-0.25, -0.2) is 0 Å². The molecule has 2 rings (SSSR count). The van der Waals surface area contributed by atoms with Crippen LogP contribution >= 0.6 is 27.5 Å². The Labute approximate surface area is 123 Å². The monoisotopic (exact) mass is 340 g/mol. The summed E-state index contributed by atoms with van der Waals surface area (Å²) >= 11 is 9.10. The van der Waals surface area contributed by atoms with E-state index in [1.807, 2.05) is 12.1 Å². The summed E-state index contributed by atoms with van der Waals surface area (Å²) in [6, 6.07) is 12.2. The first-order valence-corrected chi connectivity index (χ1v) is 6.65. The van der Waals surface area contributed by atoms with E-state index in [0.29, 0.717) is 21.6 Å². The summed E-state index contributed by atoms with van der Waals surface area (Å²) in [6.07, 6.45) is 0. The van der Waals surface area contributed by atoms with Gasteiger partial charge in [0.1, 0.15) is 0 Å². The third kappa shape index (κ3) is 3.68. The summed E-state index contributed by atoms with van der Waals surface area (Å²) in [4.78, 5) is 10.6. The van der Waals surface area contributed by atoms with Crippen molar-refractivity contribution in [1.82, 2.24) is 0 Å². The van der Waals surface area contributed by atoms with Gasteiger partial charge in [0.2, 0.25) is 0 Å². The first kappa shape index (κ1) is 13.8. The van der Waals surface area contributed by atoms with Gasteiger partial charge in [0.15, 0.2) is 0 Å². The van der Waals surface area contributed by atoms with Crippen LogP contribution in [0.15, 0.2) is 46.9 Å². The van der Waals surface area contributed by atoms with Crippen LogP contribution in [0.4, 0.5) is 11.4 Å². The first-order chi connectivity index (χ1) is 9.06. The fourth-order valence-electron chi connectivity index (χ4n) is 1.65. The highest BCUT2D eigenvalue weighted by molar-refractivity contribution is 9.10. The predicted octanol–water partition coefficient (Wildman–Crippen LogP) is 4.62. The zero-order valence-electron chi connectivity index (χ0n) is 9.77. The fourth-order valence-corrected chi connectivity index (χ4v) is 2.19. The first-order valence-electron chi connectivity index (χ1n) is 5.48. The van der Waals surface area contributed by atoms with E-state index in [2.05, 4.69) is 21.2 Å². The molecule has 0 spiro atoms. The van der Waals surface area contributed by atoms with Crippen LogP contribution in [0.3, 0.4) is 0 Å². The van der Waals surface area contributed by atoms with Crippen molar-refractivity contribution in [3.05, 3.63) is 67.6 Å². The van der Waals surface area contributed by atoms with Crippen LogP contribution in [0.5, 0.6) is 0 Å². The van der Waals surface area contributed by atoms with Gasteiger partial charge >= 0.3 is 0 Å². The highest BCUT2D eigenvalue weighted by Gasteiger charge is 2.13. The molecule has 0 amide bonds. The molecule has 98 valence electrons. The molecule has 2 aromatic rings. The predicted molar refractivity (Wildman–Crippen MR) is 79.6 cm³/mol. The highest BCUT2D eigenvalue weighted by Crippen LogP contribution is 2.24. The molecule has 19 heavy (non-hydrogen) atoms. The van der Waals surface area contributed by atoms with E-state index in [1.165, 1.54) is 6.07 Å². The molecule has 0 aliphatic heterocycles. The molecule has 0 unspecified atom stereocenters. The largest absolute Gasteiger partial charge is 0.381 e. The average molecular weight is 342 g/mol. The number of benzene rings is 2. The average Bonchev–Trinajstić information content (AvgIpc) is 2.37. The number of nitro benzene ring substituents is 1. The van der Waals surface area contributed by atoms with E-state index in [1.54, 1.807) is 24.3 Å². The van der Waals surface area contributed by atoms with Crippen LogP contribution in [-0.2, 0) is 6.54 Å². The topological polar surface area (TPSA) is 55.2 Å². The second kappa shape index (κ2) is 6.04. The van der Waals surface area contributed by atoms with Crippen molar-refractivity contribution in [3.8, 4) is 0 Å². The van der Waals surface area contributed by atoms with Gasteiger partial charge in [-0.1, -0.05) is 33.6 Å². The number of halogens is 2. The van der Waals surface area contributed by atoms with Gasteiger partial charge in [-0.15, -0.1) is 0 Å². The Morgan fingerprint density at radius 1 is 1.26 bits per heavy atom. The molecular formula is C13H10BrClN2O2. The van der Waals surface area contributed by atoms with Crippen molar-refractivity contribution in [1.29, 1.82) is 0 Å². The Balaban J connectivity index is 2.17. The number of nitro groups is 1. The molecular weight excluding hydrogens is 332 g/mol. The van der Waals surface area contributed by atoms with E-state index in [4.69, 9.17) is 11.6 Å². The molecule has 0 atom stereocenters. The van der Waals surface area contributed by atoms with Crippen LogP contribution in [-0.4, -0.2) is 4.92 Å². The second-order valence-electron chi connectivity index (χ2n) is 3.89. The number of nitrogens with zero attached hydrogens (tertiary/aromatic N) is 1. The molecule has 6 heteroatoms. The standard InChI is InChI=1S/C13H10BrClN2O2/c14-10-5-4-9(13(6-10)17(18)19)8-16-12-3-1-2-11(15)7-12/h1-7,16H,8H2. The molecule has 0 fully saturated rings. The third-order valence-electron chi connectivity index (χ3n) is 2.55. The molecule has 0 aliphatic rings. The molecule has 0 bridgehead atoms. The molecule has 0 aromatic heterocycles. The summed E-state index contributed by atoms with van der Waals surface area (Å²) in [5, 5.41) is 14.7. The molecule has 0 saturated carbocycles. The lowest BCUT2D eigenvalue weighted by Gasteiger charge is -2.07. The van der Waals surface area contributed by atoms with Gasteiger partial charge in [-0.3, -0.25) is 10.1 Å². The minimum Gasteiger partial charge on any atom is -0.381 e. The maximum atomic E-state index is 11.0. The summed E-state index contributed by atoms with van der Waals surface area (Å²) < 4.78 is 0.686. The highest BCUT2D eigenvalue weighted by atomic mass is 79.9. The van der Waals surface area contributed by atoms with Crippen LogP contribution in [0, 0.1) is 10.1 Å². The number of anilines is 1. The Bertz CT molecular complexity index is 619. The van der Waals surface area contributed by atoms with Gasteiger partial charge < -0.3 is 5.32 Å². The van der Waals surface area contributed by atoms with Crippen molar-refractivity contribution in [2.45, 2.75) is 6.54 Å². The normalized spacial score (nSPS) is 10.2. The number of hydrogen-bond donors (Lipinski definition) is 1. The molecule has 0 heterocycles. The molecule has 0 radical (unpaired) electrons. The van der Waals surface area contributed by atoms with Crippen LogP contribution < -0.4 is 5.32 Å². The maximum absolute atomic E-state index is 11.0. The van der Waals surface area contributed by atoms with Crippen molar-refractivity contribution in [3.63, 3.8) is 0 Å². The Hall–Kier alpha value is -1.59. The number of nitrogens with one attached hydrogen (secondary N) is 1. The number of hydrogen-bond acceptors (Lipinski definition) is 3. The van der Waals surface area contributed by atoms with Crippen molar-refractivity contribution in [2.75, 3.05) is 5.32 Å². The van der Waals surface area contributed by atoms with E-state index in [0.717, 1.165) is 5.69 Å². The van der Waals surface area contributed by atoms with Gasteiger partial charge in [0.25, 0.3) is 5.69 Å². The zero-order valence-corrected chi connectivity index (χ0v) is 12.1. The van der Waals surface area contributed by atoms with Gasteiger partial charge in [0, 0.05) is 33.4 Å². The lowest BCUT2D eigenvalue weighted by atomic mass is 10.2. The Morgan fingerprint density at radius 2 is 2.05 bits per heavy atom. The number of rotatable bonds is 4. The Morgan fingerprint density at radius 3 is 2.74 bits per heavy atom. The van der Waals surface area contributed by atoms with E-state index in [-0.39, 0.29) is 10.6 Å². The lowest BCUT2D eigenvalue weighted by Crippen LogP contribution is -2.03.